The maximum absolute atomic E-state index is 9.92. The normalized spacial score (nSPS) is 12.0. The zero-order valence-corrected chi connectivity index (χ0v) is 15.0. The summed E-state index contributed by atoms with van der Waals surface area (Å²) < 4.78 is 22.1. The smallest absolute Gasteiger partial charge is 0.0181 e. The zero-order valence-electron chi connectivity index (χ0n) is 14.2. The lowest BCUT2D eigenvalue weighted by Gasteiger charge is -2.10. The van der Waals surface area contributed by atoms with Gasteiger partial charge in [0.25, 0.3) is 0 Å². The summed E-state index contributed by atoms with van der Waals surface area (Å²) >= 11 is -2.10. The average Bonchev–Trinajstić information content (AvgIpc) is 2.44. The van der Waals surface area contributed by atoms with Crippen LogP contribution >= 0.6 is 0 Å². The van der Waals surface area contributed by atoms with Gasteiger partial charge in [-0.3, -0.25) is 4.21 Å². The van der Waals surface area contributed by atoms with E-state index >= 15 is 0 Å². The summed E-state index contributed by atoms with van der Waals surface area (Å²) in [6.45, 7) is 9.63. The highest BCUT2D eigenvalue weighted by Crippen LogP contribution is 2.09. The van der Waals surface area contributed by atoms with Gasteiger partial charge in [0.05, 0.1) is 0 Å². The second-order valence-corrected chi connectivity index (χ2v) is 6.59. The molecule has 5 heteroatoms. The fourth-order valence-corrected chi connectivity index (χ4v) is 2.12. The molecule has 0 fully saturated rings. The Labute approximate surface area is 138 Å². The van der Waals surface area contributed by atoms with Crippen molar-refractivity contribution in [1.82, 2.24) is 9.62 Å². The molecule has 0 aromatic heterocycles. The molecular weight excluding hydrogens is 296 g/mol. The average molecular weight is 325 g/mol. The molecular formula is C17H29N2O2S-. The van der Waals surface area contributed by atoms with E-state index in [-0.39, 0.29) is 0 Å². The topological polar surface area (TPSA) is 55.4 Å². The molecule has 0 aliphatic rings. The molecule has 1 aromatic carbocycles. The van der Waals surface area contributed by atoms with E-state index in [2.05, 4.69) is 49.4 Å². The van der Waals surface area contributed by atoms with Crippen molar-refractivity contribution in [2.24, 2.45) is 5.92 Å². The van der Waals surface area contributed by atoms with Crippen LogP contribution in [0.1, 0.15) is 31.4 Å². The van der Waals surface area contributed by atoms with Crippen LogP contribution in [-0.4, -0.2) is 40.8 Å². The zero-order chi connectivity index (χ0) is 17.0. The van der Waals surface area contributed by atoms with Crippen LogP contribution in [0.3, 0.4) is 0 Å². The van der Waals surface area contributed by atoms with Gasteiger partial charge in [-0.1, -0.05) is 50.8 Å². The van der Waals surface area contributed by atoms with Gasteiger partial charge in [0.15, 0.2) is 0 Å². The number of hydrogen-bond donors (Lipinski definition) is 1. The van der Waals surface area contributed by atoms with Crippen molar-refractivity contribution >= 4 is 17.3 Å². The maximum Gasteiger partial charge on any atom is 0.0181 e. The monoisotopic (exact) mass is 325 g/mol. The van der Waals surface area contributed by atoms with Gasteiger partial charge in [-0.15, -0.1) is 0 Å². The molecule has 1 unspecified atom stereocenters. The van der Waals surface area contributed by atoms with Crippen LogP contribution in [-0.2, 0) is 17.7 Å². The van der Waals surface area contributed by atoms with Crippen molar-refractivity contribution in [2.75, 3.05) is 27.2 Å². The van der Waals surface area contributed by atoms with Gasteiger partial charge in [0.2, 0.25) is 0 Å². The van der Waals surface area contributed by atoms with E-state index in [1.807, 2.05) is 25.1 Å². The van der Waals surface area contributed by atoms with Gasteiger partial charge in [0, 0.05) is 17.8 Å². The molecule has 0 spiro atoms. The molecule has 0 heterocycles. The molecule has 0 aliphatic heterocycles. The number of benzene rings is 1. The first-order chi connectivity index (χ1) is 10.3. The number of nitrogens with zero attached hydrogens (tertiary/aromatic N) is 1. The third-order valence-corrected chi connectivity index (χ3v) is 3.30. The van der Waals surface area contributed by atoms with Gasteiger partial charge in [0.1, 0.15) is 0 Å². The molecule has 0 bridgehead atoms. The highest BCUT2D eigenvalue weighted by Gasteiger charge is 1.96. The van der Waals surface area contributed by atoms with Crippen LogP contribution in [0.4, 0.5) is 0 Å². The van der Waals surface area contributed by atoms with Crippen molar-refractivity contribution in [2.45, 2.75) is 26.7 Å². The maximum atomic E-state index is 9.92. The Morgan fingerprint density at radius 2 is 1.91 bits per heavy atom. The van der Waals surface area contributed by atoms with Crippen LogP contribution < -0.4 is 4.72 Å². The minimum absolute atomic E-state index is 0.522. The number of nitrogens with one attached hydrogen (secondary N) is 1. The minimum atomic E-state index is -2.10. The molecule has 1 rings (SSSR count). The molecule has 1 N–H and O–H groups in total. The minimum Gasteiger partial charge on any atom is -0.760 e. The van der Waals surface area contributed by atoms with Gasteiger partial charge < -0.3 is 9.45 Å². The lowest BCUT2D eigenvalue weighted by molar-refractivity contribution is 0.399. The first-order valence-electron chi connectivity index (χ1n) is 7.54. The standard InChI is InChI=1S/C12H16.C5H14N2O2S/c1-4-11-5-7-12(8-6-11)9-10(2)3;1-7(2)5-3-4-6-10(8)9/h4-8,10H,1,9H2,2-3H3;6H,3-5H2,1-2H3,(H,8,9)/p-1. The first kappa shape index (κ1) is 21.0. The predicted molar refractivity (Wildman–Crippen MR) is 95.2 cm³/mol. The van der Waals surface area contributed by atoms with E-state index in [1.165, 1.54) is 11.1 Å². The molecule has 4 nitrogen and oxygen atoms in total. The van der Waals surface area contributed by atoms with E-state index in [0.29, 0.717) is 6.54 Å². The van der Waals surface area contributed by atoms with Crippen molar-refractivity contribution < 1.29 is 8.76 Å². The summed E-state index contributed by atoms with van der Waals surface area (Å²) in [7, 11) is 3.91. The van der Waals surface area contributed by atoms with Crippen LogP contribution in [0.2, 0.25) is 0 Å². The van der Waals surface area contributed by atoms with E-state index in [0.717, 1.165) is 25.3 Å². The summed E-state index contributed by atoms with van der Waals surface area (Å²) in [6.07, 6.45) is 3.89. The summed E-state index contributed by atoms with van der Waals surface area (Å²) in [5.74, 6) is 0.736. The number of hydrogen-bond acceptors (Lipinski definition) is 3. The molecule has 1 atom stereocenters. The second-order valence-electron chi connectivity index (χ2n) is 5.83. The lowest BCUT2D eigenvalue weighted by atomic mass is 10.0. The predicted octanol–water partition coefficient (Wildman–Crippen LogP) is 2.85. The molecule has 0 saturated heterocycles. The molecule has 22 heavy (non-hydrogen) atoms. The SMILES string of the molecule is C=Cc1ccc(CC(C)C)cc1.CN(C)CCCNS(=O)[O-]. The molecule has 1 aromatic rings. The number of rotatable bonds is 8. The van der Waals surface area contributed by atoms with Gasteiger partial charge >= 0.3 is 0 Å². The van der Waals surface area contributed by atoms with Crippen LogP contribution in [0.15, 0.2) is 30.8 Å². The Bertz CT molecular complexity index is 431. The Morgan fingerprint density at radius 1 is 1.32 bits per heavy atom. The highest BCUT2D eigenvalue weighted by molar-refractivity contribution is 7.77. The third-order valence-electron chi connectivity index (χ3n) is 2.86. The fourth-order valence-electron chi connectivity index (χ4n) is 1.81. The highest BCUT2D eigenvalue weighted by atomic mass is 32.2. The molecule has 0 aliphatic carbocycles. The van der Waals surface area contributed by atoms with Crippen molar-refractivity contribution in [1.29, 1.82) is 0 Å². The van der Waals surface area contributed by atoms with Crippen molar-refractivity contribution in [3.05, 3.63) is 42.0 Å². The molecule has 0 saturated carbocycles. The second kappa shape index (κ2) is 12.5. The van der Waals surface area contributed by atoms with E-state index < -0.39 is 11.3 Å². The van der Waals surface area contributed by atoms with Crippen molar-refractivity contribution in [3.63, 3.8) is 0 Å². The van der Waals surface area contributed by atoms with Crippen molar-refractivity contribution in [3.8, 4) is 0 Å². The van der Waals surface area contributed by atoms with E-state index in [9.17, 15) is 8.76 Å². The van der Waals surface area contributed by atoms with E-state index in [4.69, 9.17) is 0 Å². The van der Waals surface area contributed by atoms with Gasteiger partial charge in [-0.2, -0.15) is 0 Å². The summed E-state index contributed by atoms with van der Waals surface area (Å²) in [5, 5.41) is 0. The first-order valence-corrected chi connectivity index (χ1v) is 8.61. The Balaban J connectivity index is 0.000000409. The van der Waals surface area contributed by atoms with Crippen LogP contribution in [0.25, 0.3) is 6.08 Å². The third kappa shape index (κ3) is 12.7. The summed E-state index contributed by atoms with van der Waals surface area (Å²) in [5.41, 5.74) is 2.61. The van der Waals surface area contributed by atoms with E-state index in [1.54, 1.807) is 0 Å². The largest absolute Gasteiger partial charge is 0.760 e. The molecule has 126 valence electrons. The molecule has 0 radical (unpaired) electrons. The molecule has 0 amide bonds. The van der Waals surface area contributed by atoms with Gasteiger partial charge in [-0.05, 0) is 50.5 Å². The lowest BCUT2D eigenvalue weighted by Crippen LogP contribution is -2.22. The Morgan fingerprint density at radius 3 is 2.32 bits per heavy atom. The van der Waals surface area contributed by atoms with Crippen LogP contribution in [0, 0.1) is 5.92 Å². The Hall–Kier alpha value is -1.01. The fraction of sp³-hybridized carbons (Fsp3) is 0.529. The quantitative estimate of drug-likeness (QED) is 0.591. The van der Waals surface area contributed by atoms with Gasteiger partial charge in [-0.25, -0.2) is 4.72 Å². The Kier molecular flexibility index (Phi) is 12.0. The van der Waals surface area contributed by atoms with Crippen LogP contribution in [0.5, 0.6) is 0 Å². The summed E-state index contributed by atoms with van der Waals surface area (Å²) in [6, 6.07) is 8.59. The summed E-state index contributed by atoms with van der Waals surface area (Å²) in [4.78, 5) is 2.01.